The Kier molecular flexibility index (Phi) is 8.62. The quantitative estimate of drug-likeness (QED) is 0.290. The van der Waals surface area contributed by atoms with Crippen LogP contribution in [0, 0.1) is 11.8 Å². The van der Waals surface area contributed by atoms with Gasteiger partial charge in [-0.25, -0.2) is 0 Å². The minimum atomic E-state index is -3.67. The summed E-state index contributed by atoms with van der Waals surface area (Å²) < 4.78 is 32.4. The normalized spacial score (nSPS) is 32.0. The van der Waals surface area contributed by atoms with Crippen LogP contribution in [0.1, 0.15) is 55.7 Å². The molecule has 1 aliphatic carbocycles. The summed E-state index contributed by atoms with van der Waals surface area (Å²) in [4.78, 5) is 51.4. The monoisotopic (exact) mass is 707 g/mol. The smallest absolute Gasteiger partial charge is 0.281 e. The molecule has 4 aliphatic heterocycles. The number of ether oxygens (including phenoxy) is 1. The molecule has 7 atom stereocenters. The van der Waals surface area contributed by atoms with Crippen molar-refractivity contribution in [1.29, 1.82) is 0 Å². The highest BCUT2D eigenvalue weighted by molar-refractivity contribution is 7.85. The van der Waals surface area contributed by atoms with E-state index in [0.29, 0.717) is 38.6 Å². The van der Waals surface area contributed by atoms with E-state index in [2.05, 4.69) is 46.6 Å². The van der Waals surface area contributed by atoms with Gasteiger partial charge in [-0.2, -0.15) is 8.42 Å². The minimum Gasteiger partial charge on any atom is -0.361 e. The van der Waals surface area contributed by atoms with Crippen LogP contribution in [0.4, 0.5) is 0 Å². The second-order valence-corrected chi connectivity index (χ2v) is 16.2. The number of carbonyl (C=O) groups is 3. The zero-order valence-electron chi connectivity index (χ0n) is 28.7. The van der Waals surface area contributed by atoms with Gasteiger partial charge in [0.15, 0.2) is 0 Å². The number of nitrogens with one attached hydrogen (secondary N) is 2. The first-order valence-corrected chi connectivity index (χ1v) is 19.1. The summed E-state index contributed by atoms with van der Waals surface area (Å²) in [5.41, 5.74) is 2.75. The summed E-state index contributed by atoms with van der Waals surface area (Å²) in [6.45, 7) is 4.68. The average molecular weight is 708 g/mol. The van der Waals surface area contributed by atoms with Gasteiger partial charge in [-0.3, -0.25) is 28.6 Å². The number of likely N-dealkylation sites (N-methyl/N-ethyl adjacent to an activating group) is 1. The highest BCUT2D eigenvalue weighted by atomic mass is 32.2. The highest BCUT2D eigenvalue weighted by Crippen LogP contribution is 2.49. The molecule has 1 aromatic heterocycles. The first-order chi connectivity index (χ1) is 23.6. The average Bonchev–Trinajstić information content (AvgIpc) is 3.77. The first kappa shape index (κ1) is 34.6. The number of H-pyrrole nitrogens is 1. The first-order valence-electron chi connectivity index (χ1n) is 17.3. The lowest BCUT2D eigenvalue weighted by Gasteiger charge is -2.48. The third-order valence-corrected chi connectivity index (χ3v) is 11.2. The highest BCUT2D eigenvalue weighted by Gasteiger charge is 2.72. The lowest BCUT2D eigenvalue weighted by atomic mass is 9.72. The van der Waals surface area contributed by atoms with E-state index in [1.807, 2.05) is 44.2 Å². The molecule has 3 aromatic rings. The van der Waals surface area contributed by atoms with Crippen LogP contribution in [-0.2, 0) is 42.1 Å². The van der Waals surface area contributed by atoms with Gasteiger partial charge >= 0.3 is 0 Å². The molecule has 0 spiro atoms. The van der Waals surface area contributed by atoms with Gasteiger partial charge in [0.1, 0.15) is 12.1 Å². The predicted molar refractivity (Wildman–Crippen MR) is 184 cm³/mol. The number of aromatic amines is 1. The summed E-state index contributed by atoms with van der Waals surface area (Å²) in [6.07, 6.45) is 5.84. The van der Waals surface area contributed by atoms with Crippen molar-refractivity contribution in [3.05, 3.63) is 71.4 Å². The number of amides is 3. The van der Waals surface area contributed by atoms with Crippen molar-refractivity contribution in [2.24, 2.45) is 11.8 Å². The van der Waals surface area contributed by atoms with Crippen LogP contribution in [0.3, 0.4) is 0 Å². The molecule has 0 saturated carbocycles. The lowest BCUT2D eigenvalue weighted by molar-refractivity contribution is -0.321. The van der Waals surface area contributed by atoms with Gasteiger partial charge in [0.25, 0.3) is 21.9 Å². The molecule has 5 heterocycles. The molecule has 3 amide bonds. The Morgan fingerprint density at radius 1 is 1.14 bits per heavy atom. The number of hydrogen-bond donors (Lipinski definition) is 4. The Hall–Kier alpha value is -3.82. The lowest BCUT2D eigenvalue weighted by Crippen LogP contribution is -2.71. The Balaban J connectivity index is 0.000000734. The topological polar surface area (TPSA) is 173 Å². The number of piperazine rings is 1. The zero-order valence-corrected chi connectivity index (χ0v) is 29.5. The van der Waals surface area contributed by atoms with Crippen LogP contribution in [-0.4, -0.2) is 112 Å². The second kappa shape index (κ2) is 12.4. The molecular weight excluding hydrogens is 662 g/mol. The second-order valence-electron chi connectivity index (χ2n) is 14.8. The summed E-state index contributed by atoms with van der Waals surface area (Å²) >= 11 is 0. The molecule has 268 valence electrons. The van der Waals surface area contributed by atoms with E-state index in [0.717, 1.165) is 17.5 Å². The van der Waals surface area contributed by atoms with E-state index in [4.69, 9.17) is 9.29 Å². The fourth-order valence-corrected chi connectivity index (χ4v) is 8.99. The molecule has 2 aromatic carbocycles. The molecule has 7 unspecified atom stereocenters. The van der Waals surface area contributed by atoms with Crippen LogP contribution >= 0.6 is 0 Å². The zero-order chi connectivity index (χ0) is 35.7. The van der Waals surface area contributed by atoms with Gasteiger partial charge in [-0.05, 0) is 55.5 Å². The van der Waals surface area contributed by atoms with Crippen LogP contribution < -0.4 is 5.32 Å². The Bertz CT molecular complexity index is 1930. The van der Waals surface area contributed by atoms with Gasteiger partial charge in [0.05, 0.1) is 12.2 Å². The van der Waals surface area contributed by atoms with Gasteiger partial charge in [0, 0.05) is 54.5 Å². The van der Waals surface area contributed by atoms with Gasteiger partial charge in [0.2, 0.25) is 17.5 Å². The third-order valence-electron chi connectivity index (χ3n) is 11.2. The number of likely N-dealkylation sites (tertiary alicyclic amines) is 1. The number of nitrogens with zero attached hydrogens (tertiary/aromatic N) is 3. The Morgan fingerprint density at radius 2 is 1.86 bits per heavy atom. The molecule has 0 radical (unpaired) electrons. The van der Waals surface area contributed by atoms with Crippen molar-refractivity contribution in [3.8, 4) is 0 Å². The van der Waals surface area contributed by atoms with Crippen molar-refractivity contribution in [2.75, 3.05) is 26.4 Å². The number of aromatic nitrogens is 1. The van der Waals surface area contributed by atoms with E-state index >= 15 is 0 Å². The van der Waals surface area contributed by atoms with E-state index in [1.165, 1.54) is 21.4 Å². The van der Waals surface area contributed by atoms with E-state index in [1.54, 1.807) is 4.90 Å². The largest absolute Gasteiger partial charge is 0.361 e. The number of rotatable bonds is 5. The fourth-order valence-electron chi connectivity index (χ4n) is 8.99. The van der Waals surface area contributed by atoms with Crippen molar-refractivity contribution in [1.82, 2.24) is 25.0 Å². The number of aliphatic hydroxyl groups is 1. The van der Waals surface area contributed by atoms with Crippen molar-refractivity contribution in [3.63, 3.8) is 0 Å². The summed E-state index contributed by atoms with van der Waals surface area (Å²) in [6, 6.07) is 14.5. The minimum absolute atomic E-state index is 0.164. The maximum absolute atomic E-state index is 14.6. The maximum Gasteiger partial charge on any atom is 0.281 e. The molecule has 14 heteroatoms. The van der Waals surface area contributed by atoms with Crippen LogP contribution in [0.2, 0.25) is 0 Å². The molecule has 13 nitrogen and oxygen atoms in total. The fraction of sp³-hybridized carbons (Fsp3) is 0.528. The van der Waals surface area contributed by atoms with Gasteiger partial charge in [-0.15, -0.1) is 0 Å². The number of fused-ring (bicyclic) bond motifs is 5. The van der Waals surface area contributed by atoms with Crippen LogP contribution in [0.25, 0.3) is 10.9 Å². The molecule has 8 rings (SSSR count). The molecule has 5 aliphatic rings. The Labute approximate surface area is 291 Å². The number of piperidine rings is 1. The van der Waals surface area contributed by atoms with Gasteiger partial charge in [-0.1, -0.05) is 56.3 Å². The molecule has 4 fully saturated rings. The van der Waals surface area contributed by atoms with Crippen molar-refractivity contribution in [2.45, 2.75) is 81.6 Å². The summed E-state index contributed by atoms with van der Waals surface area (Å²) in [7, 11) is -1.60. The summed E-state index contributed by atoms with van der Waals surface area (Å²) in [5.74, 6) is -3.80. The Morgan fingerprint density at radius 3 is 2.56 bits per heavy atom. The van der Waals surface area contributed by atoms with E-state index < -0.39 is 51.6 Å². The maximum atomic E-state index is 14.6. The number of carbonyl (C=O) groups excluding carboxylic acids is 3. The standard InChI is InChI=1S/C35H41N5O5.CH4O3S/c1-20(2)34(37-31(41)23-16-25-24-11-7-12-26-30(24)22(18-36-26)17-27(25)38(3)19-23)33(43)40-28(15-21-9-5-4-6-10-21)32(42)39-14-8-13-29(39)35(40,44)45-34;1-5(2,3)4/h4-7,9-12,18,20,23,25,27-29,36,44H,8,13-17,19H2,1-3H3,(H,37,41);1H3,(H,2,3,4). The van der Waals surface area contributed by atoms with Crippen molar-refractivity contribution < 1.29 is 37.2 Å². The van der Waals surface area contributed by atoms with Crippen molar-refractivity contribution >= 4 is 38.7 Å². The SMILES string of the molecule is CC(C)C1(NC(=O)C2CC3c4cccc5[nH]cc(c45)CC3N(C)C2)OC2(O)C3CCCN3C(=O)C(Cc3ccccc3)N2C1=O.CS(=O)(=O)O. The predicted octanol–water partition coefficient (Wildman–Crippen LogP) is 2.22. The van der Waals surface area contributed by atoms with E-state index in [9.17, 15) is 27.9 Å². The van der Waals surface area contributed by atoms with Gasteiger partial charge < -0.3 is 25.2 Å². The molecular formula is C36H45N5O8S. The number of hydrogen-bond acceptors (Lipinski definition) is 8. The van der Waals surface area contributed by atoms with Crippen LogP contribution in [0.15, 0.2) is 54.7 Å². The molecule has 4 saturated heterocycles. The third kappa shape index (κ3) is 5.70. The number of benzene rings is 2. The summed E-state index contributed by atoms with van der Waals surface area (Å²) in [5, 5.41) is 16.6. The van der Waals surface area contributed by atoms with E-state index in [-0.39, 0.29) is 30.2 Å². The molecule has 50 heavy (non-hydrogen) atoms. The molecule has 0 bridgehead atoms. The van der Waals surface area contributed by atoms with Crippen LogP contribution in [0.5, 0.6) is 0 Å². The molecule has 4 N–H and O–H groups in total.